The molecule has 4 N–H and O–H groups in total. The molecular formula is C12H17N3O3. The first-order chi connectivity index (χ1) is 8.63. The topological polar surface area (TPSA) is 93.4 Å². The summed E-state index contributed by atoms with van der Waals surface area (Å²) in [6.45, 7) is 1.40. The van der Waals surface area contributed by atoms with Gasteiger partial charge in [0, 0.05) is 25.7 Å². The minimum atomic E-state index is -0.772. The van der Waals surface area contributed by atoms with Gasteiger partial charge in [0.05, 0.1) is 0 Å². The van der Waals surface area contributed by atoms with E-state index in [0.717, 1.165) is 5.56 Å². The van der Waals surface area contributed by atoms with Crippen LogP contribution in [0.4, 0.5) is 4.79 Å². The van der Waals surface area contributed by atoms with Crippen LogP contribution in [0.2, 0.25) is 0 Å². The van der Waals surface area contributed by atoms with Gasteiger partial charge in [-0.2, -0.15) is 0 Å². The summed E-state index contributed by atoms with van der Waals surface area (Å²) < 4.78 is 4.57. The number of amides is 2. The standard InChI is InChI=1S/C12H17N3O3/c1-14-11(16)10-4-2-9(3-5-10)8-15-6-7-18-12(13)17/h2-5,15H,6-8H2,1H3,(H2,13,17)(H,14,16). The second kappa shape index (κ2) is 7.29. The van der Waals surface area contributed by atoms with Crippen molar-refractivity contribution in [1.29, 1.82) is 0 Å². The zero-order valence-electron chi connectivity index (χ0n) is 10.2. The molecule has 98 valence electrons. The van der Waals surface area contributed by atoms with Crippen LogP contribution >= 0.6 is 0 Å². The van der Waals surface area contributed by atoms with Crippen LogP contribution in [0.1, 0.15) is 15.9 Å². The molecule has 0 atom stereocenters. The number of benzene rings is 1. The maximum absolute atomic E-state index is 11.3. The Hall–Kier alpha value is -2.08. The summed E-state index contributed by atoms with van der Waals surface area (Å²) in [4.78, 5) is 21.6. The molecule has 6 heteroatoms. The minimum Gasteiger partial charge on any atom is -0.448 e. The van der Waals surface area contributed by atoms with E-state index in [1.807, 2.05) is 12.1 Å². The van der Waals surface area contributed by atoms with Crippen LogP contribution in [0.3, 0.4) is 0 Å². The van der Waals surface area contributed by atoms with E-state index in [9.17, 15) is 9.59 Å². The smallest absolute Gasteiger partial charge is 0.404 e. The van der Waals surface area contributed by atoms with Gasteiger partial charge in [0.25, 0.3) is 5.91 Å². The highest BCUT2D eigenvalue weighted by Crippen LogP contribution is 2.03. The number of primary amides is 1. The van der Waals surface area contributed by atoms with E-state index in [-0.39, 0.29) is 12.5 Å². The Labute approximate surface area is 105 Å². The highest BCUT2D eigenvalue weighted by Gasteiger charge is 2.01. The Morgan fingerprint density at radius 2 is 1.94 bits per heavy atom. The lowest BCUT2D eigenvalue weighted by Crippen LogP contribution is -2.23. The predicted octanol–water partition coefficient (Wildman–Crippen LogP) is 0.231. The summed E-state index contributed by atoms with van der Waals surface area (Å²) >= 11 is 0. The number of carbonyl (C=O) groups excluding carboxylic acids is 2. The molecule has 0 spiro atoms. The average molecular weight is 251 g/mol. The van der Waals surface area contributed by atoms with Crippen LogP contribution in [-0.2, 0) is 11.3 Å². The Bertz CT molecular complexity index is 404. The number of ether oxygens (including phenoxy) is 1. The third-order valence-corrected chi connectivity index (χ3v) is 2.30. The maximum Gasteiger partial charge on any atom is 0.404 e. The molecule has 1 rings (SSSR count). The van der Waals surface area contributed by atoms with E-state index in [4.69, 9.17) is 5.73 Å². The highest BCUT2D eigenvalue weighted by atomic mass is 16.5. The van der Waals surface area contributed by atoms with Gasteiger partial charge in [-0.05, 0) is 17.7 Å². The van der Waals surface area contributed by atoms with Crippen molar-refractivity contribution in [2.75, 3.05) is 20.2 Å². The van der Waals surface area contributed by atoms with Crippen molar-refractivity contribution in [3.8, 4) is 0 Å². The van der Waals surface area contributed by atoms with Crippen LogP contribution in [0.15, 0.2) is 24.3 Å². The molecule has 18 heavy (non-hydrogen) atoms. The molecule has 0 saturated heterocycles. The Balaban J connectivity index is 2.31. The average Bonchev–Trinajstić information content (AvgIpc) is 2.38. The Morgan fingerprint density at radius 3 is 2.50 bits per heavy atom. The molecule has 0 fully saturated rings. The summed E-state index contributed by atoms with van der Waals surface area (Å²) in [6.07, 6.45) is -0.772. The van der Waals surface area contributed by atoms with Gasteiger partial charge in [-0.3, -0.25) is 4.79 Å². The third-order valence-electron chi connectivity index (χ3n) is 2.30. The van der Waals surface area contributed by atoms with Crippen LogP contribution in [0, 0.1) is 0 Å². The summed E-state index contributed by atoms with van der Waals surface area (Å²) in [5.41, 5.74) is 6.48. The van der Waals surface area contributed by atoms with Crippen LogP contribution < -0.4 is 16.4 Å². The SMILES string of the molecule is CNC(=O)c1ccc(CNCCOC(N)=O)cc1. The maximum atomic E-state index is 11.3. The van der Waals surface area contributed by atoms with Crippen molar-refractivity contribution in [1.82, 2.24) is 10.6 Å². The molecule has 0 saturated carbocycles. The Kier molecular flexibility index (Phi) is 5.66. The quantitative estimate of drug-likeness (QED) is 0.631. The molecule has 0 bridgehead atoms. The van der Waals surface area contributed by atoms with E-state index >= 15 is 0 Å². The molecule has 1 aromatic carbocycles. The van der Waals surface area contributed by atoms with E-state index < -0.39 is 6.09 Å². The summed E-state index contributed by atoms with van der Waals surface area (Å²) in [5.74, 6) is -0.107. The van der Waals surface area contributed by atoms with Crippen molar-refractivity contribution < 1.29 is 14.3 Å². The first kappa shape index (κ1) is 14.0. The molecular weight excluding hydrogens is 234 g/mol. The molecule has 0 aliphatic carbocycles. The van der Waals surface area contributed by atoms with Gasteiger partial charge < -0.3 is 21.1 Å². The second-order valence-corrected chi connectivity index (χ2v) is 3.62. The fourth-order valence-corrected chi connectivity index (χ4v) is 1.37. The van der Waals surface area contributed by atoms with E-state index in [0.29, 0.717) is 18.7 Å². The van der Waals surface area contributed by atoms with Crippen molar-refractivity contribution in [3.05, 3.63) is 35.4 Å². The summed E-state index contributed by atoms with van der Waals surface area (Å²) in [6, 6.07) is 7.25. The van der Waals surface area contributed by atoms with Crippen LogP contribution in [0.25, 0.3) is 0 Å². The monoisotopic (exact) mass is 251 g/mol. The fraction of sp³-hybridized carbons (Fsp3) is 0.333. The van der Waals surface area contributed by atoms with Gasteiger partial charge in [-0.15, -0.1) is 0 Å². The largest absolute Gasteiger partial charge is 0.448 e. The molecule has 0 unspecified atom stereocenters. The van der Waals surface area contributed by atoms with Crippen molar-refractivity contribution in [3.63, 3.8) is 0 Å². The zero-order valence-corrected chi connectivity index (χ0v) is 10.2. The highest BCUT2D eigenvalue weighted by molar-refractivity contribution is 5.93. The normalized spacial score (nSPS) is 9.83. The molecule has 0 heterocycles. The molecule has 0 aliphatic heterocycles. The molecule has 1 aromatic rings. The lowest BCUT2D eigenvalue weighted by atomic mass is 10.1. The van der Waals surface area contributed by atoms with Gasteiger partial charge in [-0.1, -0.05) is 12.1 Å². The van der Waals surface area contributed by atoms with E-state index in [1.165, 1.54) is 0 Å². The number of nitrogens with two attached hydrogens (primary N) is 1. The summed E-state index contributed by atoms with van der Waals surface area (Å²) in [5, 5.41) is 5.64. The fourth-order valence-electron chi connectivity index (χ4n) is 1.37. The zero-order chi connectivity index (χ0) is 13.4. The van der Waals surface area contributed by atoms with Gasteiger partial charge >= 0.3 is 6.09 Å². The van der Waals surface area contributed by atoms with Gasteiger partial charge in [0.2, 0.25) is 0 Å². The lowest BCUT2D eigenvalue weighted by molar-refractivity contribution is 0.0963. The van der Waals surface area contributed by atoms with Crippen molar-refractivity contribution >= 4 is 12.0 Å². The number of carbonyl (C=O) groups is 2. The molecule has 0 aliphatic rings. The van der Waals surface area contributed by atoms with Gasteiger partial charge in [0.1, 0.15) is 6.61 Å². The molecule has 2 amide bonds. The molecule has 6 nitrogen and oxygen atoms in total. The van der Waals surface area contributed by atoms with Crippen LogP contribution in [-0.4, -0.2) is 32.2 Å². The number of nitrogens with one attached hydrogen (secondary N) is 2. The first-order valence-electron chi connectivity index (χ1n) is 5.57. The van der Waals surface area contributed by atoms with Crippen LogP contribution in [0.5, 0.6) is 0 Å². The summed E-state index contributed by atoms with van der Waals surface area (Å²) in [7, 11) is 1.59. The molecule has 0 aromatic heterocycles. The second-order valence-electron chi connectivity index (χ2n) is 3.62. The number of rotatable bonds is 6. The van der Waals surface area contributed by atoms with Gasteiger partial charge in [0.15, 0.2) is 0 Å². The third kappa shape index (κ3) is 4.84. The van der Waals surface area contributed by atoms with Gasteiger partial charge in [-0.25, -0.2) is 4.79 Å². The minimum absolute atomic E-state index is 0.107. The number of hydrogen-bond acceptors (Lipinski definition) is 4. The Morgan fingerprint density at radius 1 is 1.28 bits per heavy atom. The lowest BCUT2D eigenvalue weighted by Gasteiger charge is -2.06. The van der Waals surface area contributed by atoms with Crippen molar-refractivity contribution in [2.24, 2.45) is 5.73 Å². The van der Waals surface area contributed by atoms with Crippen molar-refractivity contribution in [2.45, 2.75) is 6.54 Å². The van der Waals surface area contributed by atoms with E-state index in [2.05, 4.69) is 15.4 Å². The number of hydrogen-bond donors (Lipinski definition) is 3. The molecule has 0 radical (unpaired) electrons. The predicted molar refractivity (Wildman–Crippen MR) is 67.1 cm³/mol. The first-order valence-corrected chi connectivity index (χ1v) is 5.57. The van der Waals surface area contributed by atoms with E-state index in [1.54, 1.807) is 19.2 Å².